The van der Waals surface area contributed by atoms with Gasteiger partial charge in [-0.3, -0.25) is 9.59 Å². The number of hydroxylamine groups is 2. The summed E-state index contributed by atoms with van der Waals surface area (Å²) in [6.45, 7) is 3.63. The molecular weight excluding hydrogens is 509 g/mol. The summed E-state index contributed by atoms with van der Waals surface area (Å²) in [5.41, 5.74) is 1.93. The molecule has 1 aliphatic rings. The highest BCUT2D eigenvalue weighted by Gasteiger charge is 2.33. The third-order valence-electron chi connectivity index (χ3n) is 7.11. The van der Waals surface area contributed by atoms with Crippen LogP contribution >= 0.6 is 9.24 Å². The Labute approximate surface area is 217 Å². The zero-order valence-electron chi connectivity index (χ0n) is 20.6. The van der Waals surface area contributed by atoms with Crippen molar-refractivity contribution in [3.05, 3.63) is 87.2 Å². The largest absolute Gasteiger partial charge is 0.627 e. The fourth-order valence-corrected chi connectivity index (χ4v) is 6.53. The molecule has 1 aliphatic heterocycles. The summed E-state index contributed by atoms with van der Waals surface area (Å²) in [7, 11) is -0.645. The van der Waals surface area contributed by atoms with Gasteiger partial charge in [0.1, 0.15) is 17.2 Å². The molecule has 2 N–H and O–H groups in total. The van der Waals surface area contributed by atoms with Gasteiger partial charge in [0.05, 0.1) is 24.1 Å². The van der Waals surface area contributed by atoms with Gasteiger partial charge in [-0.25, -0.2) is 8.42 Å². The van der Waals surface area contributed by atoms with Crippen LogP contribution in [0.5, 0.6) is 0 Å². The second kappa shape index (κ2) is 9.03. The van der Waals surface area contributed by atoms with E-state index in [9.17, 15) is 23.2 Å². The van der Waals surface area contributed by atoms with Gasteiger partial charge in [-0.2, -0.15) is 0 Å². The third-order valence-corrected chi connectivity index (χ3v) is 9.20. The first-order chi connectivity index (χ1) is 17.4. The molecule has 4 aromatic rings. The SMILES string of the molecule is CC(C)(NC(=O)c1cc2[nH]c3ccccc3c(=O)c2cc1P)c1cccc([N+]2([O-])CCS(=O)(=O)CC2)c1. The van der Waals surface area contributed by atoms with Crippen molar-refractivity contribution in [2.45, 2.75) is 19.4 Å². The zero-order valence-corrected chi connectivity index (χ0v) is 22.5. The van der Waals surface area contributed by atoms with Crippen LogP contribution in [0.15, 0.2) is 65.5 Å². The molecule has 3 aromatic carbocycles. The minimum atomic E-state index is -3.18. The standard InChI is InChI=1S/C27H28N3O5PS/c1-27(2,17-6-5-7-18(14-17)30(33)10-12-37(34,35)13-11-30)29-26(32)21-15-23-20(16-24(21)36)25(31)19-8-3-4-9-22(19)28-23/h3-9,14-16H,10-13,36H2,1-2H3,(H,28,31)(H,29,32). The highest BCUT2D eigenvalue weighted by atomic mass is 32.2. The van der Waals surface area contributed by atoms with Crippen molar-refractivity contribution in [3.8, 4) is 0 Å². The Morgan fingerprint density at radius 3 is 2.43 bits per heavy atom. The lowest BCUT2D eigenvalue weighted by atomic mass is 9.93. The minimum Gasteiger partial charge on any atom is -0.627 e. The van der Waals surface area contributed by atoms with Crippen LogP contribution in [0.1, 0.15) is 29.8 Å². The second-order valence-electron chi connectivity index (χ2n) is 10.1. The Balaban J connectivity index is 1.45. The smallest absolute Gasteiger partial charge is 0.252 e. The maximum absolute atomic E-state index is 13.4. The number of fused-ring (bicyclic) bond motifs is 2. The van der Waals surface area contributed by atoms with Gasteiger partial charge >= 0.3 is 0 Å². The number of quaternary nitrogens is 1. The van der Waals surface area contributed by atoms with Gasteiger partial charge in [0.25, 0.3) is 5.91 Å². The fraction of sp³-hybridized carbons (Fsp3) is 0.259. The van der Waals surface area contributed by atoms with Crippen LogP contribution in [0.4, 0.5) is 5.69 Å². The number of amides is 1. The Morgan fingerprint density at radius 1 is 1.00 bits per heavy atom. The monoisotopic (exact) mass is 537 g/mol. The Morgan fingerprint density at radius 2 is 1.70 bits per heavy atom. The number of nitrogens with one attached hydrogen (secondary N) is 2. The highest BCUT2D eigenvalue weighted by molar-refractivity contribution is 7.91. The number of carbonyl (C=O) groups excluding carboxylic acids is 1. The van der Waals surface area contributed by atoms with E-state index in [4.69, 9.17) is 0 Å². The molecule has 0 bridgehead atoms. The van der Waals surface area contributed by atoms with Crippen LogP contribution in [0.3, 0.4) is 0 Å². The number of aromatic amines is 1. The average Bonchev–Trinajstić information content (AvgIpc) is 2.86. The maximum Gasteiger partial charge on any atom is 0.252 e. The second-order valence-corrected chi connectivity index (χ2v) is 13.0. The molecule has 192 valence electrons. The van der Waals surface area contributed by atoms with Crippen molar-refractivity contribution in [1.29, 1.82) is 0 Å². The summed E-state index contributed by atoms with van der Waals surface area (Å²) in [4.78, 5) is 29.6. The van der Waals surface area contributed by atoms with Gasteiger partial charge in [-0.1, -0.05) is 24.3 Å². The van der Waals surface area contributed by atoms with E-state index in [-0.39, 0.29) is 35.9 Å². The molecule has 0 aliphatic carbocycles. The van der Waals surface area contributed by atoms with E-state index in [2.05, 4.69) is 19.5 Å². The third kappa shape index (κ3) is 4.80. The van der Waals surface area contributed by atoms with Crippen LogP contribution < -0.4 is 20.7 Å². The van der Waals surface area contributed by atoms with Crippen LogP contribution in [-0.4, -0.2) is 43.9 Å². The van der Waals surface area contributed by atoms with Crippen molar-refractivity contribution < 1.29 is 13.2 Å². The lowest BCUT2D eigenvalue weighted by molar-refractivity contribution is 0.0913. The van der Waals surface area contributed by atoms with E-state index in [1.807, 2.05) is 38.1 Å². The van der Waals surface area contributed by atoms with Crippen molar-refractivity contribution in [1.82, 2.24) is 14.9 Å². The van der Waals surface area contributed by atoms with Crippen LogP contribution in [-0.2, 0) is 15.4 Å². The summed E-state index contributed by atoms with van der Waals surface area (Å²) in [5.74, 6) is -0.611. The van der Waals surface area contributed by atoms with E-state index in [0.717, 1.165) is 5.56 Å². The van der Waals surface area contributed by atoms with Crippen LogP contribution in [0, 0.1) is 5.21 Å². The van der Waals surface area contributed by atoms with Gasteiger partial charge < -0.3 is 20.2 Å². The van der Waals surface area contributed by atoms with Gasteiger partial charge in [-0.05, 0) is 55.0 Å². The number of benzene rings is 3. The number of H-pyrrole nitrogens is 1. The maximum atomic E-state index is 13.4. The average molecular weight is 538 g/mol. The predicted molar refractivity (Wildman–Crippen MR) is 152 cm³/mol. The molecule has 1 aromatic heterocycles. The number of hydrogen-bond donors (Lipinski definition) is 2. The molecule has 1 saturated heterocycles. The van der Waals surface area contributed by atoms with Crippen LogP contribution in [0.25, 0.3) is 21.8 Å². The first kappa shape index (κ1) is 25.5. The van der Waals surface area contributed by atoms with Crippen molar-refractivity contribution >= 4 is 57.8 Å². The number of carbonyl (C=O) groups is 1. The summed E-state index contributed by atoms with van der Waals surface area (Å²) >= 11 is 0. The number of aromatic nitrogens is 1. The van der Waals surface area contributed by atoms with E-state index in [1.54, 1.807) is 36.4 Å². The number of rotatable bonds is 4. The Kier molecular flexibility index (Phi) is 6.23. The normalized spacial score (nSPS) is 17.1. The van der Waals surface area contributed by atoms with E-state index < -0.39 is 20.0 Å². The highest BCUT2D eigenvalue weighted by Crippen LogP contribution is 2.30. The number of para-hydroxylation sites is 1. The zero-order chi connectivity index (χ0) is 26.6. The van der Waals surface area contributed by atoms with Gasteiger partial charge in [0.15, 0.2) is 15.3 Å². The number of hydrogen-bond acceptors (Lipinski definition) is 5. The molecule has 1 atom stereocenters. The van der Waals surface area contributed by atoms with Crippen molar-refractivity contribution in [2.75, 3.05) is 24.6 Å². The van der Waals surface area contributed by atoms with Gasteiger partial charge in [0.2, 0.25) is 0 Å². The molecule has 1 unspecified atom stereocenters. The molecule has 37 heavy (non-hydrogen) atoms. The molecule has 8 nitrogen and oxygen atoms in total. The molecule has 0 spiro atoms. The molecule has 1 amide bonds. The summed E-state index contributed by atoms with van der Waals surface area (Å²) in [5, 5.41) is 18.1. The Bertz CT molecular complexity index is 1720. The first-order valence-corrected chi connectivity index (χ1v) is 14.3. The van der Waals surface area contributed by atoms with E-state index >= 15 is 0 Å². The number of sulfone groups is 1. The minimum absolute atomic E-state index is 0.0288. The lowest BCUT2D eigenvalue weighted by Gasteiger charge is -2.45. The Hall–Kier alpha value is -3.10. The predicted octanol–water partition coefficient (Wildman–Crippen LogP) is 3.08. The van der Waals surface area contributed by atoms with Crippen molar-refractivity contribution in [2.24, 2.45) is 0 Å². The summed E-state index contributed by atoms with van der Waals surface area (Å²) in [6, 6.07) is 17.7. The van der Waals surface area contributed by atoms with E-state index in [0.29, 0.717) is 38.4 Å². The van der Waals surface area contributed by atoms with Crippen molar-refractivity contribution in [3.63, 3.8) is 0 Å². The fourth-order valence-electron chi connectivity index (χ4n) is 4.80. The topological polar surface area (TPSA) is 119 Å². The van der Waals surface area contributed by atoms with Gasteiger partial charge in [0, 0.05) is 27.9 Å². The molecule has 0 saturated carbocycles. The summed E-state index contributed by atoms with van der Waals surface area (Å²) < 4.78 is 22.9. The van der Waals surface area contributed by atoms with Crippen LogP contribution in [0.2, 0.25) is 0 Å². The molecule has 1 fully saturated rings. The summed E-state index contributed by atoms with van der Waals surface area (Å²) in [6.07, 6.45) is 0. The quantitative estimate of drug-likeness (QED) is 0.180. The number of pyridine rings is 1. The van der Waals surface area contributed by atoms with E-state index in [1.165, 1.54) is 0 Å². The molecule has 10 heteroatoms. The molecule has 2 heterocycles. The van der Waals surface area contributed by atoms with Gasteiger partial charge in [-0.15, -0.1) is 9.24 Å². The molecular formula is C27H28N3O5PS. The molecule has 5 rings (SSSR count). The lowest BCUT2D eigenvalue weighted by Crippen LogP contribution is -2.53. The first-order valence-electron chi connectivity index (χ1n) is 11.9. The molecule has 0 radical (unpaired) electrons. The number of nitrogens with zero attached hydrogens (tertiary/aromatic N) is 1.